The minimum atomic E-state index is -0.984. The van der Waals surface area contributed by atoms with Gasteiger partial charge in [0.2, 0.25) is 5.91 Å². The van der Waals surface area contributed by atoms with E-state index in [1.165, 1.54) is 0 Å². The maximum absolute atomic E-state index is 12.0. The highest BCUT2D eigenvalue weighted by atomic mass is 35.5. The molecule has 5 amide bonds. The maximum atomic E-state index is 12.0. The van der Waals surface area contributed by atoms with Crippen molar-refractivity contribution in [2.24, 2.45) is 0 Å². The predicted molar refractivity (Wildman–Crippen MR) is 82.5 cm³/mol. The number of nitrogens with one attached hydrogen (secondary N) is 1. The van der Waals surface area contributed by atoms with Crippen molar-refractivity contribution in [3.05, 3.63) is 34.9 Å². The predicted octanol–water partition coefficient (Wildman–Crippen LogP) is 1.33. The van der Waals surface area contributed by atoms with Crippen molar-refractivity contribution in [3.63, 3.8) is 0 Å². The second-order valence-corrected chi connectivity index (χ2v) is 5.50. The van der Waals surface area contributed by atoms with E-state index in [0.717, 1.165) is 10.5 Å². The van der Waals surface area contributed by atoms with E-state index >= 15 is 0 Å². The van der Waals surface area contributed by atoms with Crippen LogP contribution in [0, 0.1) is 0 Å². The van der Waals surface area contributed by atoms with Gasteiger partial charge in [0.05, 0.1) is 6.04 Å². The van der Waals surface area contributed by atoms with Crippen LogP contribution in [0.15, 0.2) is 24.3 Å². The Bertz CT molecular complexity index is 676. The van der Waals surface area contributed by atoms with Gasteiger partial charge in [0.15, 0.2) is 0 Å². The Balaban J connectivity index is 2.01. The van der Waals surface area contributed by atoms with Crippen molar-refractivity contribution in [1.82, 2.24) is 15.1 Å². The number of halogens is 1. The summed E-state index contributed by atoms with van der Waals surface area (Å²) in [6, 6.07) is 5.85. The Labute approximate surface area is 138 Å². The molecule has 8 heteroatoms. The Morgan fingerprint density at radius 3 is 2.43 bits per heavy atom. The summed E-state index contributed by atoms with van der Waals surface area (Å²) in [4.78, 5) is 48.7. The zero-order valence-corrected chi connectivity index (χ0v) is 13.5. The van der Waals surface area contributed by atoms with Crippen molar-refractivity contribution in [2.45, 2.75) is 19.9 Å². The van der Waals surface area contributed by atoms with Gasteiger partial charge in [-0.1, -0.05) is 23.7 Å². The highest BCUT2D eigenvalue weighted by Gasteiger charge is 2.44. The summed E-state index contributed by atoms with van der Waals surface area (Å²) in [7, 11) is 0. The van der Waals surface area contributed by atoms with Gasteiger partial charge >= 0.3 is 17.8 Å². The molecular formula is C15H16ClN3O4. The van der Waals surface area contributed by atoms with E-state index in [0.29, 0.717) is 9.92 Å². The van der Waals surface area contributed by atoms with Crippen LogP contribution < -0.4 is 5.32 Å². The summed E-state index contributed by atoms with van der Waals surface area (Å²) in [6.45, 7) is 2.92. The van der Waals surface area contributed by atoms with Crippen LogP contribution >= 0.6 is 11.6 Å². The number of urea groups is 1. The van der Waals surface area contributed by atoms with Crippen LogP contribution in [-0.2, 0) is 14.4 Å². The van der Waals surface area contributed by atoms with Crippen molar-refractivity contribution < 1.29 is 19.2 Å². The fraction of sp³-hybridized carbons (Fsp3) is 0.333. The molecule has 1 fully saturated rings. The Morgan fingerprint density at radius 1 is 1.22 bits per heavy atom. The van der Waals surface area contributed by atoms with E-state index in [1.807, 2.05) is 0 Å². The first-order chi connectivity index (χ1) is 10.8. The molecule has 23 heavy (non-hydrogen) atoms. The Morgan fingerprint density at radius 2 is 1.87 bits per heavy atom. The summed E-state index contributed by atoms with van der Waals surface area (Å²) in [6.07, 6.45) is 0. The highest BCUT2D eigenvalue weighted by Crippen LogP contribution is 2.17. The maximum Gasteiger partial charge on any atom is 0.334 e. The van der Waals surface area contributed by atoms with Crippen LogP contribution in [0.4, 0.5) is 4.79 Å². The van der Waals surface area contributed by atoms with E-state index < -0.39 is 30.3 Å². The van der Waals surface area contributed by atoms with Crippen molar-refractivity contribution in [3.8, 4) is 0 Å². The molecule has 1 aliphatic heterocycles. The van der Waals surface area contributed by atoms with Gasteiger partial charge in [0, 0.05) is 11.6 Å². The van der Waals surface area contributed by atoms with Crippen molar-refractivity contribution >= 4 is 35.4 Å². The molecule has 0 unspecified atom stereocenters. The molecule has 0 aromatic heterocycles. The minimum Gasteiger partial charge on any atom is -0.348 e. The van der Waals surface area contributed by atoms with Gasteiger partial charge in [-0.15, -0.1) is 0 Å². The van der Waals surface area contributed by atoms with Gasteiger partial charge < -0.3 is 5.32 Å². The molecular weight excluding hydrogens is 322 g/mol. The van der Waals surface area contributed by atoms with Crippen molar-refractivity contribution in [1.29, 1.82) is 0 Å². The molecule has 1 aromatic carbocycles. The topological polar surface area (TPSA) is 86.8 Å². The number of hydrogen-bond donors (Lipinski definition) is 1. The van der Waals surface area contributed by atoms with Crippen molar-refractivity contribution in [2.75, 3.05) is 13.1 Å². The molecule has 0 bridgehead atoms. The number of hydrogen-bond acceptors (Lipinski definition) is 4. The van der Waals surface area contributed by atoms with E-state index in [9.17, 15) is 19.2 Å². The summed E-state index contributed by atoms with van der Waals surface area (Å²) in [5, 5.41) is 3.21. The zero-order chi connectivity index (χ0) is 17.1. The van der Waals surface area contributed by atoms with Crippen LogP contribution in [0.3, 0.4) is 0 Å². The van der Waals surface area contributed by atoms with Crippen LogP contribution in [0.1, 0.15) is 25.5 Å². The Hall–Kier alpha value is -2.41. The van der Waals surface area contributed by atoms with Crippen LogP contribution in [-0.4, -0.2) is 46.6 Å². The van der Waals surface area contributed by atoms with Gasteiger partial charge in [-0.05, 0) is 31.5 Å². The number of imide groups is 2. The normalized spacial score (nSPS) is 16.0. The molecule has 0 aliphatic carbocycles. The molecule has 0 saturated carbocycles. The molecule has 122 valence electrons. The van der Waals surface area contributed by atoms with Gasteiger partial charge in [0.1, 0.15) is 6.54 Å². The third kappa shape index (κ3) is 3.50. The average Bonchev–Trinajstić information content (AvgIpc) is 2.70. The van der Waals surface area contributed by atoms with Gasteiger partial charge in [0.25, 0.3) is 0 Å². The smallest absolute Gasteiger partial charge is 0.334 e. The molecule has 1 saturated heterocycles. The summed E-state index contributed by atoms with van der Waals surface area (Å²) >= 11 is 5.90. The Kier molecular flexibility index (Phi) is 5.00. The number of carbonyl (C=O) groups excluding carboxylic acids is 4. The number of amides is 5. The first kappa shape index (κ1) is 17.0. The first-order valence-electron chi connectivity index (χ1n) is 7.07. The number of likely N-dealkylation sites (N-methyl/N-ethyl adjacent to an activating group) is 1. The molecule has 1 N–H and O–H groups in total. The molecule has 7 nitrogen and oxygen atoms in total. The van der Waals surface area contributed by atoms with E-state index in [2.05, 4.69) is 5.32 Å². The first-order valence-corrected chi connectivity index (χ1v) is 7.45. The van der Waals surface area contributed by atoms with E-state index in [4.69, 9.17) is 11.6 Å². The fourth-order valence-corrected chi connectivity index (χ4v) is 2.46. The average molecular weight is 338 g/mol. The standard InChI is InChI=1S/C15H16ClN3O4/c1-3-18-13(21)14(22)19(15(18)23)8-12(20)17-9(2)10-5-4-6-11(16)7-10/h4-7,9H,3,8H2,1-2H3,(H,17,20)/t9-/m1/s1. The molecule has 1 atom stereocenters. The molecule has 0 radical (unpaired) electrons. The van der Waals surface area contributed by atoms with Gasteiger partial charge in [-0.25, -0.2) is 9.69 Å². The molecule has 0 spiro atoms. The highest BCUT2D eigenvalue weighted by molar-refractivity contribution is 6.45. The minimum absolute atomic E-state index is 0.0838. The molecule has 1 aliphatic rings. The second-order valence-electron chi connectivity index (χ2n) is 5.07. The monoisotopic (exact) mass is 337 g/mol. The van der Waals surface area contributed by atoms with Gasteiger partial charge in [-0.3, -0.25) is 19.3 Å². The lowest BCUT2D eigenvalue weighted by Crippen LogP contribution is -2.42. The summed E-state index contributed by atoms with van der Waals surface area (Å²) in [5.41, 5.74) is 0.788. The third-order valence-corrected chi connectivity index (χ3v) is 3.71. The fourth-order valence-electron chi connectivity index (χ4n) is 2.26. The zero-order valence-electron chi connectivity index (χ0n) is 12.7. The number of benzene rings is 1. The lowest BCUT2D eigenvalue weighted by molar-refractivity contribution is -0.144. The van der Waals surface area contributed by atoms with Crippen LogP contribution in [0.5, 0.6) is 0 Å². The molecule has 2 rings (SSSR count). The number of carbonyl (C=O) groups is 4. The third-order valence-electron chi connectivity index (χ3n) is 3.48. The summed E-state index contributed by atoms with van der Waals surface area (Å²) in [5.74, 6) is -2.43. The van der Waals surface area contributed by atoms with E-state index in [1.54, 1.807) is 38.1 Å². The lowest BCUT2D eigenvalue weighted by atomic mass is 10.1. The number of nitrogens with zero attached hydrogens (tertiary/aromatic N) is 2. The number of rotatable bonds is 5. The SMILES string of the molecule is CCN1C(=O)C(=O)N(CC(=O)N[C@H](C)c2cccc(Cl)c2)C1=O. The van der Waals surface area contributed by atoms with Crippen LogP contribution in [0.2, 0.25) is 5.02 Å². The molecule has 1 aromatic rings. The lowest BCUT2D eigenvalue weighted by Gasteiger charge is -2.17. The van der Waals surface area contributed by atoms with Crippen LogP contribution in [0.25, 0.3) is 0 Å². The largest absolute Gasteiger partial charge is 0.348 e. The van der Waals surface area contributed by atoms with Gasteiger partial charge in [-0.2, -0.15) is 0 Å². The summed E-state index contributed by atoms with van der Waals surface area (Å²) < 4.78 is 0. The van der Waals surface area contributed by atoms with E-state index in [-0.39, 0.29) is 12.6 Å². The quantitative estimate of drug-likeness (QED) is 0.648. The molecule has 1 heterocycles. The second kappa shape index (κ2) is 6.78.